The second-order valence-electron chi connectivity index (χ2n) is 11.6. The summed E-state index contributed by atoms with van der Waals surface area (Å²) < 4.78 is 5.62. The van der Waals surface area contributed by atoms with Gasteiger partial charge in [0.2, 0.25) is 0 Å². The van der Waals surface area contributed by atoms with Gasteiger partial charge < -0.3 is 14.9 Å². The zero-order chi connectivity index (χ0) is 32.4. The summed E-state index contributed by atoms with van der Waals surface area (Å²) in [4.78, 5) is 15.3. The molecule has 0 fully saturated rings. The number of phenolic OH excluding ortho intramolecular Hbond substituents is 1. The molecular weight excluding hydrogens is 580 g/mol. The van der Waals surface area contributed by atoms with Crippen molar-refractivity contribution in [2.45, 2.75) is 58.3 Å². The van der Waals surface area contributed by atoms with Gasteiger partial charge in [-0.25, -0.2) is 4.79 Å². The van der Waals surface area contributed by atoms with E-state index in [1.807, 2.05) is 85.8 Å². The first kappa shape index (κ1) is 30.7. The predicted octanol–water partition coefficient (Wildman–Crippen LogP) is 6.20. The fourth-order valence-electron chi connectivity index (χ4n) is 5.53. The molecule has 46 heavy (non-hydrogen) atoms. The lowest BCUT2D eigenvalue weighted by molar-refractivity contribution is -0.143. The largest absolute Gasteiger partial charge is 0.505 e. The van der Waals surface area contributed by atoms with Gasteiger partial charge in [-0.15, -0.1) is 15.0 Å². The van der Waals surface area contributed by atoms with Gasteiger partial charge in [-0.3, -0.25) is 0 Å². The van der Waals surface area contributed by atoms with Crippen molar-refractivity contribution in [2.75, 3.05) is 0 Å². The number of nitrogens with zero attached hydrogens (tertiary/aromatic N) is 6. The Morgan fingerprint density at radius 2 is 1.41 bits per heavy atom. The fraction of sp³-hybridized carbons (Fsp3) is 0.250. The second-order valence-corrected chi connectivity index (χ2v) is 11.6. The van der Waals surface area contributed by atoms with Gasteiger partial charge in [0, 0.05) is 24.0 Å². The first-order chi connectivity index (χ1) is 22.2. The Kier molecular flexibility index (Phi) is 8.63. The Labute approximate surface area is 266 Å². The molecule has 2 N–H and O–H groups in total. The van der Waals surface area contributed by atoms with Crippen LogP contribution in [0.4, 0.5) is 0 Å². The maximum Gasteiger partial charge on any atom is 0.333 e. The Morgan fingerprint density at radius 1 is 0.870 bits per heavy atom. The summed E-state index contributed by atoms with van der Waals surface area (Å²) in [6.45, 7) is 9.07. The molecule has 0 radical (unpaired) electrons. The van der Waals surface area contributed by atoms with Gasteiger partial charge in [0.15, 0.2) is 0 Å². The summed E-state index contributed by atoms with van der Waals surface area (Å²) in [5.41, 5.74) is 6.90. The van der Waals surface area contributed by atoms with Gasteiger partial charge in [-0.1, -0.05) is 62.0 Å². The van der Waals surface area contributed by atoms with E-state index in [1.165, 1.54) is 4.80 Å². The lowest BCUT2D eigenvalue weighted by Gasteiger charge is -2.21. The standard InChI is InChI=1S/C36H36N6O4/c1-5-32(41-37-28-10-6-7-11-29(28)38-41)34(43)19-25-16-14-24(15-17-25)18-27-20-26(23(4)46-36(45)22(2)3)21-33(35(27)44)42-39-30-12-8-9-13-31(30)40-42/h6-17,20-21,23,32,34,43-44H,2,5,18-19H2,1,3-4H3. The molecule has 0 saturated heterocycles. The number of carbonyl (C=O) groups excluding carboxylic acids is 1. The van der Waals surface area contributed by atoms with E-state index < -0.39 is 18.2 Å². The highest BCUT2D eigenvalue weighted by Crippen LogP contribution is 2.33. The molecule has 0 spiro atoms. The summed E-state index contributed by atoms with van der Waals surface area (Å²) in [6.07, 6.45) is 0.231. The zero-order valence-corrected chi connectivity index (χ0v) is 26.0. The first-order valence-electron chi connectivity index (χ1n) is 15.3. The molecule has 0 bridgehead atoms. The number of aliphatic hydroxyl groups is 1. The number of esters is 1. The number of fused-ring (bicyclic) bond motifs is 2. The van der Waals surface area contributed by atoms with E-state index in [1.54, 1.807) is 24.7 Å². The van der Waals surface area contributed by atoms with E-state index in [2.05, 4.69) is 27.0 Å². The molecule has 0 aliphatic heterocycles. The first-order valence-corrected chi connectivity index (χ1v) is 15.3. The highest BCUT2D eigenvalue weighted by atomic mass is 16.5. The third-order valence-electron chi connectivity index (χ3n) is 8.12. The molecule has 4 aromatic carbocycles. The van der Waals surface area contributed by atoms with Gasteiger partial charge in [-0.2, -0.15) is 15.0 Å². The topological polar surface area (TPSA) is 128 Å². The van der Waals surface area contributed by atoms with Gasteiger partial charge in [-0.05, 0) is 73.4 Å². The third-order valence-corrected chi connectivity index (χ3v) is 8.12. The maximum absolute atomic E-state index is 12.3. The van der Waals surface area contributed by atoms with Gasteiger partial charge in [0.25, 0.3) is 0 Å². The molecule has 3 unspecified atom stereocenters. The maximum atomic E-state index is 12.3. The Bertz CT molecular complexity index is 1960. The molecule has 3 atom stereocenters. The van der Waals surface area contributed by atoms with Crippen LogP contribution in [0.5, 0.6) is 5.75 Å². The number of benzene rings is 4. The number of hydrogen-bond donors (Lipinski definition) is 2. The average molecular weight is 617 g/mol. The van der Waals surface area contributed by atoms with Gasteiger partial charge in [0.05, 0.1) is 12.1 Å². The molecule has 2 heterocycles. The Hall–Kier alpha value is -5.35. The number of aromatic hydroxyl groups is 1. The number of ether oxygens (including phenoxy) is 1. The van der Waals surface area contributed by atoms with E-state index in [0.717, 1.165) is 22.2 Å². The summed E-state index contributed by atoms with van der Waals surface area (Å²) in [5.74, 6) is -0.460. The van der Waals surface area contributed by atoms with Crippen LogP contribution >= 0.6 is 0 Å². The molecule has 0 aliphatic carbocycles. The number of hydrogen-bond acceptors (Lipinski definition) is 8. The Balaban J connectivity index is 1.25. The minimum Gasteiger partial charge on any atom is -0.505 e. The van der Waals surface area contributed by atoms with Crippen LogP contribution < -0.4 is 0 Å². The summed E-state index contributed by atoms with van der Waals surface area (Å²) >= 11 is 0. The van der Waals surface area contributed by atoms with Gasteiger partial charge in [0.1, 0.15) is 39.6 Å². The molecule has 10 heteroatoms. The fourth-order valence-corrected chi connectivity index (χ4v) is 5.53. The highest BCUT2D eigenvalue weighted by molar-refractivity contribution is 5.87. The van der Waals surface area contributed by atoms with Crippen LogP contribution in [0, 0.1) is 0 Å². The molecule has 234 valence electrons. The van der Waals surface area contributed by atoms with Crippen molar-refractivity contribution >= 4 is 28.0 Å². The monoisotopic (exact) mass is 616 g/mol. The van der Waals surface area contributed by atoms with E-state index in [0.29, 0.717) is 52.7 Å². The second kappa shape index (κ2) is 12.9. The minimum absolute atomic E-state index is 0.0341. The highest BCUT2D eigenvalue weighted by Gasteiger charge is 2.23. The van der Waals surface area contributed by atoms with Crippen molar-refractivity contribution in [1.29, 1.82) is 0 Å². The summed E-state index contributed by atoms with van der Waals surface area (Å²) in [7, 11) is 0. The van der Waals surface area contributed by atoms with Crippen LogP contribution in [-0.4, -0.2) is 52.3 Å². The molecule has 10 nitrogen and oxygen atoms in total. The summed E-state index contributed by atoms with van der Waals surface area (Å²) in [6, 6.07) is 26.4. The molecule has 6 rings (SSSR count). The quantitative estimate of drug-likeness (QED) is 0.130. The molecule has 6 aromatic rings. The van der Waals surface area contributed by atoms with Crippen LogP contribution in [0.1, 0.15) is 61.6 Å². The molecular formula is C36H36N6O4. The van der Waals surface area contributed by atoms with Crippen molar-refractivity contribution in [3.8, 4) is 11.4 Å². The van der Waals surface area contributed by atoms with Crippen LogP contribution in [-0.2, 0) is 22.4 Å². The van der Waals surface area contributed by atoms with Crippen molar-refractivity contribution in [3.63, 3.8) is 0 Å². The van der Waals surface area contributed by atoms with E-state index in [9.17, 15) is 15.0 Å². The van der Waals surface area contributed by atoms with Crippen molar-refractivity contribution in [2.24, 2.45) is 0 Å². The molecule has 0 saturated carbocycles. The van der Waals surface area contributed by atoms with Gasteiger partial charge >= 0.3 is 5.97 Å². The zero-order valence-electron chi connectivity index (χ0n) is 26.0. The number of phenols is 1. The number of carbonyl (C=O) groups is 1. The van der Waals surface area contributed by atoms with E-state index in [-0.39, 0.29) is 11.8 Å². The van der Waals surface area contributed by atoms with E-state index >= 15 is 0 Å². The van der Waals surface area contributed by atoms with Crippen LogP contribution in [0.15, 0.2) is 97.1 Å². The molecule has 0 amide bonds. The van der Waals surface area contributed by atoms with Crippen molar-refractivity contribution in [3.05, 3.63) is 119 Å². The number of aromatic nitrogens is 6. The average Bonchev–Trinajstić information content (AvgIpc) is 3.67. The van der Waals surface area contributed by atoms with Crippen molar-refractivity contribution in [1.82, 2.24) is 30.0 Å². The smallest absolute Gasteiger partial charge is 0.333 e. The SMILES string of the molecule is C=C(C)C(=O)OC(C)c1cc(Cc2ccc(CC(O)C(CC)n3nc4ccccc4n3)cc2)c(O)c(-n2nc3ccccc3n2)c1. The molecule has 2 aromatic heterocycles. The normalized spacial score (nSPS) is 13.5. The minimum atomic E-state index is -0.679. The summed E-state index contributed by atoms with van der Waals surface area (Å²) in [5, 5.41) is 40.9. The lowest BCUT2D eigenvalue weighted by atomic mass is 9.96. The Morgan fingerprint density at radius 3 is 1.96 bits per heavy atom. The predicted molar refractivity (Wildman–Crippen MR) is 176 cm³/mol. The number of aliphatic hydroxyl groups excluding tert-OH is 1. The van der Waals surface area contributed by atoms with Crippen LogP contribution in [0.2, 0.25) is 0 Å². The van der Waals surface area contributed by atoms with Crippen LogP contribution in [0.25, 0.3) is 27.8 Å². The van der Waals surface area contributed by atoms with Crippen molar-refractivity contribution < 1.29 is 19.7 Å². The molecule has 0 aliphatic rings. The lowest BCUT2D eigenvalue weighted by Crippen LogP contribution is -2.27. The third kappa shape index (κ3) is 6.38. The van der Waals surface area contributed by atoms with E-state index in [4.69, 9.17) is 4.74 Å². The van der Waals surface area contributed by atoms with Crippen LogP contribution in [0.3, 0.4) is 0 Å². The number of rotatable bonds is 11.